The molecule has 0 spiro atoms. The van der Waals surface area contributed by atoms with Crippen LogP contribution in [0.5, 0.6) is 0 Å². The van der Waals surface area contributed by atoms with Gasteiger partial charge in [-0.2, -0.15) is 0 Å². The summed E-state index contributed by atoms with van der Waals surface area (Å²) in [6, 6.07) is 13.6. The van der Waals surface area contributed by atoms with E-state index < -0.39 is 22.0 Å². The summed E-state index contributed by atoms with van der Waals surface area (Å²) in [5, 5.41) is 11.2. The van der Waals surface area contributed by atoms with Gasteiger partial charge in [0.05, 0.1) is 16.9 Å². The van der Waals surface area contributed by atoms with E-state index in [4.69, 9.17) is 0 Å². The molecule has 2 aromatic rings. The third-order valence-corrected chi connectivity index (χ3v) is 4.68. The Morgan fingerprint density at radius 1 is 1.09 bits per heavy atom. The summed E-state index contributed by atoms with van der Waals surface area (Å²) >= 11 is 0. The second kappa shape index (κ2) is 8.61. The third kappa shape index (κ3) is 5.75. The number of carbonyl (C=O) groups excluding carboxylic acids is 1. The van der Waals surface area contributed by atoms with E-state index >= 15 is 0 Å². The summed E-state index contributed by atoms with van der Waals surface area (Å²) in [7, 11) is -3.91. The van der Waals surface area contributed by atoms with Crippen LogP contribution >= 0.6 is 0 Å². The molecule has 0 unspecified atom stereocenters. The standard InChI is InChI=1S/C16H17NO4S.Na/c1-12-7-9-14(10-8-12)22(20,21)17-15(16(18)19)11-13-5-3-2-4-6-13;/h2-10,15,17H,11H2,1H3,(H,18,19);/q;+1/p-1/t15-;/m0./s1. The first kappa shape index (κ1) is 19.9. The van der Waals surface area contributed by atoms with E-state index in [2.05, 4.69) is 4.72 Å². The molecule has 7 heteroatoms. The van der Waals surface area contributed by atoms with Crippen LogP contribution in [-0.4, -0.2) is 20.4 Å². The van der Waals surface area contributed by atoms with Gasteiger partial charge in [-0.1, -0.05) is 48.0 Å². The monoisotopic (exact) mass is 341 g/mol. The number of hydrogen-bond donors (Lipinski definition) is 1. The van der Waals surface area contributed by atoms with Crippen LogP contribution in [0.4, 0.5) is 0 Å². The van der Waals surface area contributed by atoms with Crippen LogP contribution in [0, 0.1) is 6.92 Å². The van der Waals surface area contributed by atoms with Crippen molar-refractivity contribution in [1.29, 1.82) is 0 Å². The molecule has 0 heterocycles. The van der Waals surface area contributed by atoms with Crippen LogP contribution < -0.4 is 39.4 Å². The Bertz CT molecular complexity index is 745. The van der Waals surface area contributed by atoms with Crippen LogP contribution in [0.1, 0.15) is 11.1 Å². The first-order valence-corrected chi connectivity index (χ1v) is 8.20. The Labute approximate surface area is 158 Å². The first-order chi connectivity index (χ1) is 10.4. The average molecular weight is 341 g/mol. The minimum absolute atomic E-state index is 0. The second-order valence-electron chi connectivity index (χ2n) is 5.00. The van der Waals surface area contributed by atoms with Crippen LogP contribution in [0.15, 0.2) is 59.5 Å². The molecule has 0 radical (unpaired) electrons. The molecule has 0 bridgehead atoms. The summed E-state index contributed by atoms with van der Waals surface area (Å²) in [4.78, 5) is 11.3. The van der Waals surface area contributed by atoms with Gasteiger partial charge in [0.15, 0.2) is 0 Å². The van der Waals surface area contributed by atoms with Gasteiger partial charge in [-0.3, -0.25) is 0 Å². The molecule has 0 saturated carbocycles. The number of carboxylic acid groups (broad SMARTS) is 1. The van der Waals surface area contributed by atoms with Gasteiger partial charge in [0.1, 0.15) is 0 Å². The van der Waals surface area contributed by atoms with Crippen molar-refractivity contribution in [2.45, 2.75) is 24.3 Å². The van der Waals surface area contributed by atoms with Crippen molar-refractivity contribution in [3.8, 4) is 0 Å². The SMILES string of the molecule is Cc1ccc(S(=O)(=O)N[C@@H](Cc2ccccc2)C(=O)[O-])cc1.[Na+]. The molecule has 0 aliphatic carbocycles. The predicted molar refractivity (Wildman–Crippen MR) is 80.4 cm³/mol. The van der Waals surface area contributed by atoms with Gasteiger partial charge in [-0.15, -0.1) is 0 Å². The number of hydrogen-bond acceptors (Lipinski definition) is 4. The number of nitrogens with one attached hydrogen (secondary N) is 1. The molecular formula is C16H16NNaO4S. The van der Waals surface area contributed by atoms with Crippen molar-refractivity contribution in [3.05, 3.63) is 65.7 Å². The van der Waals surface area contributed by atoms with Crippen molar-refractivity contribution in [1.82, 2.24) is 4.72 Å². The molecule has 23 heavy (non-hydrogen) atoms. The van der Waals surface area contributed by atoms with E-state index in [0.717, 1.165) is 5.56 Å². The minimum Gasteiger partial charge on any atom is -0.548 e. The van der Waals surface area contributed by atoms with Crippen LogP contribution in [0.3, 0.4) is 0 Å². The number of rotatable bonds is 6. The summed E-state index contributed by atoms with van der Waals surface area (Å²) < 4.78 is 26.7. The Morgan fingerprint density at radius 2 is 1.65 bits per heavy atom. The van der Waals surface area contributed by atoms with Gasteiger partial charge >= 0.3 is 29.6 Å². The second-order valence-corrected chi connectivity index (χ2v) is 6.71. The third-order valence-electron chi connectivity index (χ3n) is 3.20. The van der Waals surface area contributed by atoms with Crippen LogP contribution in [-0.2, 0) is 21.2 Å². The van der Waals surface area contributed by atoms with E-state index in [1.807, 2.05) is 6.92 Å². The Balaban J connectivity index is 0.00000264. The maximum atomic E-state index is 12.2. The molecule has 1 N–H and O–H groups in total. The summed E-state index contributed by atoms with van der Waals surface area (Å²) in [5.41, 5.74) is 1.63. The van der Waals surface area contributed by atoms with Gasteiger partial charge in [0.2, 0.25) is 10.0 Å². The zero-order valence-electron chi connectivity index (χ0n) is 13.0. The Kier molecular flexibility index (Phi) is 7.44. The molecule has 2 aromatic carbocycles. The molecule has 0 amide bonds. The normalized spacial score (nSPS) is 12.2. The number of benzene rings is 2. The maximum Gasteiger partial charge on any atom is 1.00 e. The molecule has 0 saturated heterocycles. The predicted octanol–water partition coefficient (Wildman–Crippen LogP) is -2.36. The molecule has 2 rings (SSSR count). The summed E-state index contributed by atoms with van der Waals surface area (Å²) in [6.45, 7) is 1.84. The van der Waals surface area contributed by atoms with Crippen molar-refractivity contribution < 1.29 is 47.9 Å². The molecule has 0 aliphatic heterocycles. The Hall–Kier alpha value is -1.18. The van der Waals surface area contributed by atoms with Crippen molar-refractivity contribution in [2.24, 2.45) is 0 Å². The first-order valence-electron chi connectivity index (χ1n) is 6.72. The maximum absolute atomic E-state index is 12.2. The van der Waals surface area contributed by atoms with Crippen LogP contribution in [0.2, 0.25) is 0 Å². The van der Waals surface area contributed by atoms with Crippen LogP contribution in [0.25, 0.3) is 0 Å². The molecule has 0 aromatic heterocycles. The molecule has 5 nitrogen and oxygen atoms in total. The fourth-order valence-electron chi connectivity index (χ4n) is 2.00. The molecular weight excluding hydrogens is 325 g/mol. The van der Waals surface area contributed by atoms with E-state index in [-0.39, 0.29) is 40.9 Å². The average Bonchev–Trinajstić information content (AvgIpc) is 2.48. The van der Waals surface area contributed by atoms with Crippen molar-refractivity contribution in [2.75, 3.05) is 0 Å². The number of carboxylic acids is 1. The topological polar surface area (TPSA) is 86.3 Å². The molecule has 1 atom stereocenters. The van der Waals surface area contributed by atoms with Crippen molar-refractivity contribution in [3.63, 3.8) is 0 Å². The van der Waals surface area contributed by atoms with Crippen molar-refractivity contribution >= 4 is 16.0 Å². The Morgan fingerprint density at radius 3 is 2.17 bits per heavy atom. The zero-order valence-corrected chi connectivity index (χ0v) is 15.8. The van der Waals surface area contributed by atoms with Gasteiger partial charge in [-0.05, 0) is 31.0 Å². The van der Waals surface area contributed by atoms with Gasteiger partial charge in [-0.25, -0.2) is 13.1 Å². The van der Waals surface area contributed by atoms with Gasteiger partial charge in [0.25, 0.3) is 0 Å². The molecule has 116 valence electrons. The van der Waals surface area contributed by atoms with E-state index in [0.29, 0.717) is 5.56 Å². The van der Waals surface area contributed by atoms with Gasteiger partial charge < -0.3 is 9.90 Å². The van der Waals surface area contributed by atoms with Gasteiger partial charge in [0, 0.05) is 0 Å². The number of carbonyl (C=O) groups is 1. The number of sulfonamides is 1. The smallest absolute Gasteiger partial charge is 0.548 e. The molecule has 0 fully saturated rings. The van der Waals surface area contributed by atoms with E-state index in [9.17, 15) is 18.3 Å². The fourth-order valence-corrected chi connectivity index (χ4v) is 3.18. The summed E-state index contributed by atoms with van der Waals surface area (Å²) in [5.74, 6) is -1.46. The number of aliphatic carboxylic acids is 1. The fraction of sp³-hybridized carbons (Fsp3) is 0.188. The summed E-state index contributed by atoms with van der Waals surface area (Å²) in [6.07, 6.45) is 0.0221. The quantitative estimate of drug-likeness (QED) is 0.596. The van der Waals surface area contributed by atoms with E-state index in [1.165, 1.54) is 12.1 Å². The molecule has 0 aliphatic rings. The number of aryl methyl sites for hydroxylation is 1. The van der Waals surface area contributed by atoms with E-state index in [1.54, 1.807) is 42.5 Å². The minimum atomic E-state index is -3.91. The largest absolute Gasteiger partial charge is 1.00 e. The zero-order chi connectivity index (χ0) is 16.2.